The lowest BCUT2D eigenvalue weighted by Crippen LogP contribution is -2.42. The van der Waals surface area contributed by atoms with Gasteiger partial charge in [0, 0.05) is 17.5 Å². The van der Waals surface area contributed by atoms with Crippen LogP contribution in [0, 0.1) is 5.41 Å². The quantitative estimate of drug-likeness (QED) is 0.647. The first kappa shape index (κ1) is 21.2. The van der Waals surface area contributed by atoms with E-state index in [2.05, 4.69) is 11.9 Å². The van der Waals surface area contributed by atoms with Crippen molar-refractivity contribution >= 4 is 12.0 Å². The highest BCUT2D eigenvalue weighted by Gasteiger charge is 2.39. The van der Waals surface area contributed by atoms with Gasteiger partial charge in [-0.2, -0.15) is 0 Å². The van der Waals surface area contributed by atoms with E-state index in [4.69, 9.17) is 10.5 Å². The molecule has 1 aliphatic heterocycles. The van der Waals surface area contributed by atoms with Crippen LogP contribution in [0.5, 0.6) is 0 Å². The topological polar surface area (TPSA) is 90.4 Å². The van der Waals surface area contributed by atoms with E-state index in [9.17, 15) is 9.59 Å². The number of hydrogen-bond donors (Lipinski definition) is 1. The molecule has 0 radical (unpaired) electrons. The van der Waals surface area contributed by atoms with Gasteiger partial charge >= 0.3 is 6.09 Å². The number of nitrogens with two attached hydrogens (primary N) is 1. The fraction of sp³-hybridized carbons (Fsp3) is 0.346. The molecule has 2 aromatic carbocycles. The first-order valence-corrected chi connectivity index (χ1v) is 11.4. The lowest BCUT2D eigenvalue weighted by atomic mass is 9.97. The van der Waals surface area contributed by atoms with Gasteiger partial charge in [-0.15, -0.1) is 0 Å². The molecule has 2 N–H and O–H groups in total. The molecule has 2 aliphatic rings. The molecule has 0 atom stereocenters. The van der Waals surface area contributed by atoms with E-state index in [1.54, 1.807) is 9.47 Å². The van der Waals surface area contributed by atoms with Crippen molar-refractivity contribution in [2.75, 3.05) is 18.9 Å². The summed E-state index contributed by atoms with van der Waals surface area (Å²) in [6, 6.07) is 19.2. The van der Waals surface area contributed by atoms with Crippen molar-refractivity contribution in [1.82, 2.24) is 14.5 Å². The molecule has 0 unspecified atom stereocenters. The molecule has 3 aromatic rings. The summed E-state index contributed by atoms with van der Waals surface area (Å²) in [5, 5.41) is 0. The van der Waals surface area contributed by atoms with Crippen LogP contribution in [0.15, 0.2) is 65.5 Å². The molecule has 0 spiro atoms. The number of fused-ring (bicyclic) bond motifs is 1. The Balaban J connectivity index is 1.48. The Bertz CT molecular complexity index is 1180. The second-order valence-corrected chi connectivity index (χ2v) is 9.33. The minimum absolute atomic E-state index is 0.129. The SMILES string of the molecule is CC1(COC(=O)N2CCc3c(nc(N)n(C(c4ccccc4)c4ccccc4)c3=O)C2)CC1. The van der Waals surface area contributed by atoms with Crippen LogP contribution in [-0.2, 0) is 17.7 Å². The maximum Gasteiger partial charge on any atom is 0.410 e. The Morgan fingerprint density at radius 2 is 1.70 bits per heavy atom. The number of ether oxygens (including phenoxy) is 1. The van der Waals surface area contributed by atoms with Gasteiger partial charge in [-0.1, -0.05) is 67.6 Å². The van der Waals surface area contributed by atoms with Gasteiger partial charge < -0.3 is 15.4 Å². The van der Waals surface area contributed by atoms with Crippen LogP contribution >= 0.6 is 0 Å². The van der Waals surface area contributed by atoms with Crippen molar-refractivity contribution in [3.05, 3.63) is 93.4 Å². The average molecular weight is 445 g/mol. The lowest BCUT2D eigenvalue weighted by molar-refractivity contribution is 0.0812. The highest BCUT2D eigenvalue weighted by Crippen LogP contribution is 2.45. The van der Waals surface area contributed by atoms with E-state index < -0.39 is 0 Å². The van der Waals surface area contributed by atoms with E-state index >= 15 is 0 Å². The number of aromatic nitrogens is 2. The van der Waals surface area contributed by atoms with Crippen LogP contribution in [0.1, 0.15) is 48.2 Å². The number of hydrogen-bond acceptors (Lipinski definition) is 5. The third kappa shape index (κ3) is 4.23. The summed E-state index contributed by atoms with van der Waals surface area (Å²) in [4.78, 5) is 32.4. The summed E-state index contributed by atoms with van der Waals surface area (Å²) in [5.41, 5.74) is 9.42. The van der Waals surface area contributed by atoms with Gasteiger partial charge in [0.1, 0.15) is 0 Å². The predicted octanol–water partition coefficient (Wildman–Crippen LogP) is 3.76. The second kappa shape index (κ2) is 8.39. The Hall–Kier alpha value is -3.61. The van der Waals surface area contributed by atoms with Crippen molar-refractivity contribution in [3.63, 3.8) is 0 Å². The normalized spacial score (nSPS) is 16.4. The zero-order valence-corrected chi connectivity index (χ0v) is 18.7. The van der Waals surface area contributed by atoms with Crippen molar-refractivity contribution < 1.29 is 9.53 Å². The Labute approximate surface area is 192 Å². The van der Waals surface area contributed by atoms with Gasteiger partial charge in [0.25, 0.3) is 5.56 Å². The third-order valence-corrected chi connectivity index (χ3v) is 6.69. The molecule has 1 aliphatic carbocycles. The number of amides is 1. The molecule has 2 heterocycles. The molecular weight excluding hydrogens is 416 g/mol. The Morgan fingerprint density at radius 3 is 2.27 bits per heavy atom. The van der Waals surface area contributed by atoms with Gasteiger partial charge in [-0.25, -0.2) is 9.78 Å². The van der Waals surface area contributed by atoms with E-state index in [1.165, 1.54) is 0 Å². The minimum atomic E-state index is -0.389. The summed E-state index contributed by atoms with van der Waals surface area (Å²) >= 11 is 0. The van der Waals surface area contributed by atoms with Crippen molar-refractivity contribution in [3.8, 4) is 0 Å². The number of rotatable bonds is 5. The highest BCUT2D eigenvalue weighted by molar-refractivity contribution is 5.68. The first-order chi connectivity index (χ1) is 16.0. The largest absolute Gasteiger partial charge is 0.449 e. The van der Waals surface area contributed by atoms with Crippen LogP contribution in [0.25, 0.3) is 0 Å². The van der Waals surface area contributed by atoms with Crippen molar-refractivity contribution in [2.24, 2.45) is 5.41 Å². The number of anilines is 1. The molecule has 0 bridgehead atoms. The first-order valence-electron chi connectivity index (χ1n) is 11.4. The molecule has 5 rings (SSSR count). The Morgan fingerprint density at radius 1 is 1.09 bits per heavy atom. The molecular formula is C26H28N4O3. The molecule has 7 heteroatoms. The molecule has 1 amide bonds. The highest BCUT2D eigenvalue weighted by atomic mass is 16.6. The van der Waals surface area contributed by atoms with E-state index in [-0.39, 0.29) is 35.6 Å². The zero-order chi connectivity index (χ0) is 23.0. The van der Waals surface area contributed by atoms with Crippen LogP contribution in [-0.4, -0.2) is 33.7 Å². The predicted molar refractivity (Wildman–Crippen MR) is 126 cm³/mol. The minimum Gasteiger partial charge on any atom is -0.449 e. The van der Waals surface area contributed by atoms with E-state index in [0.29, 0.717) is 30.8 Å². The summed E-state index contributed by atoms with van der Waals surface area (Å²) in [6.07, 6.45) is 2.24. The van der Waals surface area contributed by atoms with Gasteiger partial charge in [-0.3, -0.25) is 9.36 Å². The fourth-order valence-electron chi connectivity index (χ4n) is 4.37. The van der Waals surface area contributed by atoms with E-state index in [1.807, 2.05) is 60.7 Å². The van der Waals surface area contributed by atoms with Crippen LogP contribution in [0.3, 0.4) is 0 Å². The second-order valence-electron chi connectivity index (χ2n) is 9.33. The number of nitrogen functional groups attached to an aromatic ring is 1. The zero-order valence-electron chi connectivity index (χ0n) is 18.7. The molecule has 0 saturated heterocycles. The van der Waals surface area contributed by atoms with E-state index in [0.717, 1.165) is 24.0 Å². The van der Waals surface area contributed by atoms with Gasteiger partial charge in [0.15, 0.2) is 0 Å². The fourth-order valence-corrected chi connectivity index (χ4v) is 4.37. The van der Waals surface area contributed by atoms with Gasteiger partial charge in [0.2, 0.25) is 5.95 Å². The van der Waals surface area contributed by atoms with Crippen LogP contribution in [0.2, 0.25) is 0 Å². The number of carbonyl (C=O) groups excluding carboxylic acids is 1. The van der Waals surface area contributed by atoms with Crippen LogP contribution < -0.4 is 11.3 Å². The molecule has 33 heavy (non-hydrogen) atoms. The number of carbonyl (C=O) groups is 1. The molecule has 7 nitrogen and oxygen atoms in total. The third-order valence-electron chi connectivity index (χ3n) is 6.69. The van der Waals surface area contributed by atoms with Gasteiger partial charge in [0.05, 0.1) is 24.9 Å². The number of nitrogens with zero attached hydrogens (tertiary/aromatic N) is 3. The van der Waals surface area contributed by atoms with Gasteiger partial charge in [-0.05, 0) is 30.4 Å². The Kier molecular flexibility index (Phi) is 5.40. The monoisotopic (exact) mass is 444 g/mol. The average Bonchev–Trinajstić information content (AvgIpc) is 3.58. The maximum absolute atomic E-state index is 13.7. The molecule has 1 aromatic heterocycles. The summed E-state index contributed by atoms with van der Waals surface area (Å²) < 4.78 is 7.08. The lowest BCUT2D eigenvalue weighted by Gasteiger charge is -2.30. The smallest absolute Gasteiger partial charge is 0.410 e. The summed E-state index contributed by atoms with van der Waals surface area (Å²) in [6.45, 7) is 3.20. The maximum atomic E-state index is 13.7. The summed E-state index contributed by atoms with van der Waals surface area (Å²) in [5.74, 6) is 0.136. The summed E-state index contributed by atoms with van der Waals surface area (Å²) in [7, 11) is 0. The molecule has 170 valence electrons. The molecule has 1 saturated carbocycles. The number of benzene rings is 2. The molecule has 1 fully saturated rings. The van der Waals surface area contributed by atoms with Crippen molar-refractivity contribution in [1.29, 1.82) is 0 Å². The van der Waals surface area contributed by atoms with Crippen molar-refractivity contribution in [2.45, 2.75) is 38.8 Å². The van der Waals surface area contributed by atoms with Crippen LogP contribution in [0.4, 0.5) is 10.7 Å². The standard InChI is InChI=1S/C26H28N4O3/c1-26(13-14-26)17-33-25(32)29-15-12-20-21(16-29)28-24(27)30(23(20)31)22(18-8-4-2-5-9-18)19-10-6-3-7-11-19/h2-11,22H,12-17H2,1H3,(H2,27,28).